The zero-order chi connectivity index (χ0) is 9.42. The van der Waals surface area contributed by atoms with Crippen LogP contribution in [0.3, 0.4) is 0 Å². The van der Waals surface area contributed by atoms with Crippen molar-refractivity contribution in [2.75, 3.05) is 0 Å². The number of nitrogens with one attached hydrogen (secondary N) is 1. The first kappa shape index (κ1) is 7.53. The molecular weight excluding hydrogens is 176 g/mol. The van der Waals surface area contributed by atoms with Crippen molar-refractivity contribution in [2.45, 2.75) is 0 Å². The third-order valence-electron chi connectivity index (χ3n) is 1.68. The third kappa shape index (κ3) is 1.08. The first-order chi connectivity index (χ1) is 6.18. The molecule has 1 aromatic heterocycles. The van der Waals surface area contributed by atoms with E-state index >= 15 is 0 Å². The minimum absolute atomic E-state index is 0.0481. The summed E-state index contributed by atoms with van der Waals surface area (Å²) in [4.78, 5) is 21.4. The Labute approximate surface area is 70.9 Å². The van der Waals surface area contributed by atoms with Crippen LogP contribution in [0.15, 0.2) is 22.8 Å². The van der Waals surface area contributed by atoms with Gasteiger partial charge in [-0.2, -0.15) is 0 Å². The molecule has 0 fully saturated rings. The lowest BCUT2D eigenvalue weighted by atomic mass is 10.2. The van der Waals surface area contributed by atoms with Gasteiger partial charge in [0.25, 0.3) is 5.52 Å². The fourth-order valence-electron chi connectivity index (χ4n) is 1.04. The Kier molecular flexibility index (Phi) is 1.42. The number of fused-ring (bicyclic) bond motifs is 1. The van der Waals surface area contributed by atoms with Gasteiger partial charge in [-0.3, -0.25) is 0 Å². The fourth-order valence-corrected chi connectivity index (χ4v) is 1.04. The molecule has 66 valence electrons. The van der Waals surface area contributed by atoms with E-state index in [0.29, 0.717) is 5.52 Å². The fraction of sp³-hybridized carbons (Fsp3) is 0. The Hall–Kier alpha value is -2.11. The van der Waals surface area contributed by atoms with Crippen LogP contribution in [0.5, 0.6) is 0 Å². The largest absolute Gasteiger partial charge is 0.478 e. The maximum absolute atomic E-state index is 10.9. The van der Waals surface area contributed by atoms with Gasteiger partial charge in [0.15, 0.2) is 4.60 Å². The van der Waals surface area contributed by atoms with Crippen LogP contribution in [0.1, 0.15) is 10.4 Å². The topological polar surface area (TPSA) is 89.2 Å². The van der Waals surface area contributed by atoms with E-state index in [1.807, 2.05) is 0 Å². The first-order valence-corrected chi connectivity index (χ1v) is 3.46. The number of aromatic carboxylic acids is 1. The number of carboxylic acids is 1. The first-order valence-electron chi connectivity index (χ1n) is 3.46. The smallest absolute Gasteiger partial charge is 0.335 e. The normalized spacial score (nSPS) is 10.5. The van der Waals surface area contributed by atoms with Crippen LogP contribution in [0, 0.1) is 4.91 Å². The molecular formula is C7H5N2O4+. The Morgan fingerprint density at radius 2 is 2.31 bits per heavy atom. The van der Waals surface area contributed by atoms with Gasteiger partial charge in [-0.05, 0) is 17.0 Å². The lowest BCUT2D eigenvalue weighted by Gasteiger charge is -1.87. The minimum atomic E-state index is -1.08. The second-order valence-electron chi connectivity index (χ2n) is 2.49. The Bertz CT molecular complexity index is 525. The van der Waals surface area contributed by atoms with E-state index in [1.165, 1.54) is 18.2 Å². The summed E-state index contributed by atoms with van der Waals surface area (Å²) < 4.78 is 4.62. The van der Waals surface area contributed by atoms with Crippen LogP contribution < -0.4 is 4.60 Å². The molecule has 0 atom stereocenters. The number of hydrogen-bond acceptors (Lipinski definition) is 3. The molecule has 0 amide bonds. The number of benzene rings is 1. The molecule has 0 aliphatic carbocycles. The summed E-state index contributed by atoms with van der Waals surface area (Å²) in [6, 6.07) is 4.10. The summed E-state index contributed by atoms with van der Waals surface area (Å²) in [6.07, 6.45) is 0. The molecule has 1 heterocycles. The third-order valence-corrected chi connectivity index (χ3v) is 1.68. The van der Waals surface area contributed by atoms with E-state index in [4.69, 9.17) is 5.11 Å². The van der Waals surface area contributed by atoms with Crippen molar-refractivity contribution < 1.29 is 19.1 Å². The SMILES string of the molecule is O=C(O)c1ccc2[nH]o[n+](=O)c2c1. The van der Waals surface area contributed by atoms with Gasteiger partial charge in [0.2, 0.25) is 5.52 Å². The number of aromatic nitrogens is 2. The molecule has 0 aliphatic rings. The summed E-state index contributed by atoms with van der Waals surface area (Å²) >= 11 is 0. The molecule has 0 unspecified atom stereocenters. The van der Waals surface area contributed by atoms with Crippen LogP contribution in [0.2, 0.25) is 0 Å². The van der Waals surface area contributed by atoms with Gasteiger partial charge >= 0.3 is 5.97 Å². The monoisotopic (exact) mass is 181 g/mol. The highest BCUT2D eigenvalue weighted by Crippen LogP contribution is 2.09. The van der Waals surface area contributed by atoms with E-state index in [2.05, 4.69) is 9.79 Å². The van der Waals surface area contributed by atoms with Crippen molar-refractivity contribution in [3.05, 3.63) is 28.7 Å². The van der Waals surface area contributed by atoms with Crippen molar-refractivity contribution in [3.63, 3.8) is 0 Å². The van der Waals surface area contributed by atoms with Crippen molar-refractivity contribution in [1.82, 2.24) is 5.16 Å². The van der Waals surface area contributed by atoms with Gasteiger partial charge in [0, 0.05) is 6.07 Å². The molecule has 2 rings (SSSR count). The van der Waals surface area contributed by atoms with Crippen molar-refractivity contribution in [3.8, 4) is 0 Å². The Morgan fingerprint density at radius 3 is 3.00 bits per heavy atom. The van der Waals surface area contributed by atoms with E-state index in [-0.39, 0.29) is 15.7 Å². The highest BCUT2D eigenvalue weighted by molar-refractivity contribution is 5.91. The minimum Gasteiger partial charge on any atom is -0.478 e. The van der Waals surface area contributed by atoms with Crippen LogP contribution in [0.4, 0.5) is 0 Å². The summed E-state index contributed by atoms with van der Waals surface area (Å²) in [5, 5.41) is 11.0. The zero-order valence-electron chi connectivity index (χ0n) is 6.35. The zero-order valence-corrected chi connectivity index (χ0v) is 6.35. The van der Waals surface area contributed by atoms with Gasteiger partial charge in [-0.25, -0.2) is 4.79 Å². The Balaban J connectivity index is 2.80. The highest BCUT2D eigenvalue weighted by atomic mass is 16.7. The molecule has 0 radical (unpaired) electrons. The number of hydrogen-bond donors (Lipinski definition) is 2. The predicted octanol–water partition coefficient (Wildman–Crippen LogP) is 0.374. The molecule has 2 aromatic rings. The Morgan fingerprint density at radius 1 is 1.54 bits per heavy atom. The van der Waals surface area contributed by atoms with Crippen molar-refractivity contribution in [1.29, 1.82) is 0 Å². The van der Waals surface area contributed by atoms with E-state index in [1.54, 1.807) is 0 Å². The second-order valence-corrected chi connectivity index (χ2v) is 2.49. The van der Waals surface area contributed by atoms with Crippen LogP contribution in [-0.2, 0) is 0 Å². The molecule has 0 aliphatic heterocycles. The van der Waals surface area contributed by atoms with Crippen molar-refractivity contribution in [2.24, 2.45) is 0 Å². The quantitative estimate of drug-likeness (QED) is 0.665. The average Bonchev–Trinajstić information content (AvgIpc) is 2.47. The molecule has 6 nitrogen and oxygen atoms in total. The molecule has 0 saturated heterocycles. The molecule has 0 saturated carbocycles. The lowest BCUT2D eigenvalue weighted by molar-refractivity contribution is -0.692. The van der Waals surface area contributed by atoms with Crippen LogP contribution in [-0.4, -0.2) is 16.2 Å². The standard InChI is InChI=1S/C7H4N2O4/c10-7(11)4-1-2-5-6(3-4)9(12)13-8-5/h1-3H,(H-,8,10,11,12)/p+1. The van der Waals surface area contributed by atoms with E-state index < -0.39 is 5.97 Å². The van der Waals surface area contributed by atoms with Gasteiger partial charge < -0.3 is 5.11 Å². The highest BCUT2D eigenvalue weighted by Gasteiger charge is 2.13. The summed E-state index contributed by atoms with van der Waals surface area (Å²) in [6.45, 7) is 0. The summed E-state index contributed by atoms with van der Waals surface area (Å²) in [5.74, 6) is -1.08. The second kappa shape index (κ2) is 2.44. The van der Waals surface area contributed by atoms with Gasteiger partial charge in [0.1, 0.15) is 0 Å². The number of nitrogens with zero attached hydrogens (tertiary/aromatic N) is 1. The van der Waals surface area contributed by atoms with E-state index in [0.717, 1.165) is 0 Å². The van der Waals surface area contributed by atoms with Crippen LogP contribution >= 0.6 is 0 Å². The molecule has 0 spiro atoms. The number of aromatic amines is 1. The van der Waals surface area contributed by atoms with Gasteiger partial charge in [-0.15, -0.1) is 0 Å². The van der Waals surface area contributed by atoms with Crippen LogP contribution in [0.25, 0.3) is 11.0 Å². The number of H-pyrrole nitrogens is 1. The molecule has 6 heteroatoms. The average molecular weight is 181 g/mol. The number of carboxylic acid groups (broad SMARTS) is 1. The lowest BCUT2D eigenvalue weighted by Crippen LogP contribution is -2.09. The molecule has 1 aromatic carbocycles. The van der Waals surface area contributed by atoms with Gasteiger partial charge in [-0.1, -0.05) is 9.79 Å². The maximum atomic E-state index is 10.9. The molecule has 13 heavy (non-hydrogen) atoms. The summed E-state index contributed by atoms with van der Waals surface area (Å²) in [5.41, 5.74) is 0.673. The molecule has 0 bridgehead atoms. The van der Waals surface area contributed by atoms with E-state index in [9.17, 15) is 9.70 Å². The van der Waals surface area contributed by atoms with Gasteiger partial charge in [0.05, 0.1) is 5.56 Å². The predicted molar refractivity (Wildman–Crippen MR) is 40.9 cm³/mol. The maximum Gasteiger partial charge on any atom is 0.335 e. The summed E-state index contributed by atoms with van der Waals surface area (Å²) in [7, 11) is 0. The number of carbonyl (C=O) groups is 1. The van der Waals surface area contributed by atoms with Crippen molar-refractivity contribution >= 4 is 17.0 Å². The number of rotatable bonds is 1. The molecule has 2 N–H and O–H groups in total.